The summed E-state index contributed by atoms with van der Waals surface area (Å²) in [6.45, 7) is 3.69. The second-order valence-corrected chi connectivity index (χ2v) is 8.82. The van der Waals surface area contributed by atoms with Crippen molar-refractivity contribution >= 4 is 11.6 Å². The van der Waals surface area contributed by atoms with E-state index in [9.17, 15) is 14.9 Å². The molecule has 2 saturated heterocycles. The summed E-state index contributed by atoms with van der Waals surface area (Å²) in [6, 6.07) is 16.9. The van der Waals surface area contributed by atoms with Crippen molar-refractivity contribution in [1.29, 1.82) is 0 Å². The summed E-state index contributed by atoms with van der Waals surface area (Å²) in [5.74, 6) is 0.722. The smallest absolute Gasteiger partial charge is 0.269 e. The third-order valence-corrected chi connectivity index (χ3v) is 6.81. The van der Waals surface area contributed by atoms with E-state index >= 15 is 0 Å². The predicted molar refractivity (Wildman–Crippen MR) is 121 cm³/mol. The van der Waals surface area contributed by atoms with E-state index in [1.54, 1.807) is 12.1 Å². The van der Waals surface area contributed by atoms with Gasteiger partial charge in [0.05, 0.1) is 4.92 Å². The number of nitrogens with zero attached hydrogens (tertiary/aromatic N) is 3. The first kappa shape index (κ1) is 21.5. The quantitative estimate of drug-likeness (QED) is 0.509. The van der Waals surface area contributed by atoms with Gasteiger partial charge in [-0.25, -0.2) is 0 Å². The minimum atomic E-state index is -0.357. The fraction of sp³-hybridized carbons (Fsp3) is 0.480. The second kappa shape index (κ2) is 10.1. The zero-order chi connectivity index (χ0) is 21.6. The maximum absolute atomic E-state index is 13.3. The summed E-state index contributed by atoms with van der Waals surface area (Å²) in [6.07, 6.45) is 6.78. The standard InChI is InChI=1S/C25H31N3O3/c29-25(22-7-3-1-4-8-22)27-16-6-2-5-9-24(27)21-14-17-26(18-15-21)19-20-10-12-23(13-11-20)28(30)31/h1,3-4,7-8,10-13,21,24H,2,5-6,9,14-19H2/t24-/m0/s1. The number of nitro benzene ring substituents is 1. The zero-order valence-electron chi connectivity index (χ0n) is 18.0. The number of carbonyl (C=O) groups excluding carboxylic acids is 1. The molecule has 31 heavy (non-hydrogen) atoms. The molecule has 164 valence electrons. The number of nitro groups is 1. The summed E-state index contributed by atoms with van der Waals surface area (Å²) in [4.78, 5) is 28.3. The number of hydrogen-bond donors (Lipinski definition) is 0. The summed E-state index contributed by atoms with van der Waals surface area (Å²) in [7, 11) is 0. The maximum Gasteiger partial charge on any atom is 0.269 e. The Morgan fingerprint density at radius 1 is 0.903 bits per heavy atom. The minimum absolute atomic E-state index is 0.138. The lowest BCUT2D eigenvalue weighted by atomic mass is 9.85. The number of carbonyl (C=O) groups is 1. The van der Waals surface area contributed by atoms with Crippen LogP contribution in [0.3, 0.4) is 0 Å². The van der Waals surface area contributed by atoms with Crippen LogP contribution < -0.4 is 0 Å². The molecule has 2 aliphatic rings. The van der Waals surface area contributed by atoms with Gasteiger partial charge in [-0.2, -0.15) is 0 Å². The Morgan fingerprint density at radius 3 is 2.29 bits per heavy atom. The average molecular weight is 422 g/mol. The number of amides is 1. The topological polar surface area (TPSA) is 66.7 Å². The van der Waals surface area contributed by atoms with Crippen LogP contribution in [0.15, 0.2) is 54.6 Å². The van der Waals surface area contributed by atoms with Gasteiger partial charge in [0.1, 0.15) is 0 Å². The molecule has 0 radical (unpaired) electrons. The van der Waals surface area contributed by atoms with Gasteiger partial charge in [0.2, 0.25) is 0 Å². The molecule has 2 aromatic carbocycles. The van der Waals surface area contributed by atoms with Crippen LogP contribution in [0.25, 0.3) is 0 Å². The number of non-ortho nitro benzene ring substituents is 1. The third kappa shape index (κ3) is 5.31. The molecule has 0 aromatic heterocycles. The van der Waals surface area contributed by atoms with Crippen molar-refractivity contribution < 1.29 is 9.72 Å². The van der Waals surface area contributed by atoms with Crippen molar-refractivity contribution in [2.45, 2.75) is 51.1 Å². The number of likely N-dealkylation sites (tertiary alicyclic amines) is 2. The molecule has 2 aliphatic heterocycles. The van der Waals surface area contributed by atoms with E-state index in [1.165, 1.54) is 12.8 Å². The zero-order valence-corrected chi connectivity index (χ0v) is 18.0. The molecular weight excluding hydrogens is 390 g/mol. The molecular formula is C25H31N3O3. The number of piperidine rings is 1. The molecule has 0 saturated carbocycles. The molecule has 0 bridgehead atoms. The summed E-state index contributed by atoms with van der Waals surface area (Å²) < 4.78 is 0. The van der Waals surface area contributed by atoms with E-state index in [4.69, 9.17) is 0 Å². The number of benzene rings is 2. The normalized spacial score (nSPS) is 20.9. The van der Waals surface area contributed by atoms with Crippen molar-refractivity contribution in [2.24, 2.45) is 5.92 Å². The van der Waals surface area contributed by atoms with E-state index < -0.39 is 0 Å². The van der Waals surface area contributed by atoms with Crippen LogP contribution in [-0.2, 0) is 6.54 Å². The molecule has 2 fully saturated rings. The lowest BCUT2D eigenvalue weighted by molar-refractivity contribution is -0.384. The molecule has 1 amide bonds. The molecule has 2 heterocycles. The largest absolute Gasteiger partial charge is 0.335 e. The van der Waals surface area contributed by atoms with Gasteiger partial charge in [-0.15, -0.1) is 0 Å². The molecule has 0 N–H and O–H groups in total. The summed E-state index contributed by atoms with van der Waals surface area (Å²) >= 11 is 0. The SMILES string of the molecule is O=C(c1ccccc1)N1CCCCC[C@H]1C1CCN(Cc2ccc([N+](=O)[O-])cc2)CC1. The molecule has 2 aromatic rings. The van der Waals surface area contributed by atoms with Crippen molar-refractivity contribution in [2.75, 3.05) is 19.6 Å². The highest BCUT2D eigenvalue weighted by Gasteiger charge is 2.34. The van der Waals surface area contributed by atoms with Crippen molar-refractivity contribution in [3.05, 3.63) is 75.8 Å². The monoisotopic (exact) mass is 421 g/mol. The van der Waals surface area contributed by atoms with Crippen molar-refractivity contribution in [3.63, 3.8) is 0 Å². The Bertz CT molecular complexity index is 877. The number of hydrogen-bond acceptors (Lipinski definition) is 4. The highest BCUT2D eigenvalue weighted by molar-refractivity contribution is 5.94. The lowest BCUT2D eigenvalue weighted by Crippen LogP contribution is -2.47. The van der Waals surface area contributed by atoms with E-state index in [2.05, 4.69) is 9.80 Å². The van der Waals surface area contributed by atoms with Crippen molar-refractivity contribution in [1.82, 2.24) is 9.80 Å². The molecule has 6 nitrogen and oxygen atoms in total. The van der Waals surface area contributed by atoms with Gasteiger partial charge in [-0.3, -0.25) is 19.8 Å². The van der Waals surface area contributed by atoms with Crippen LogP contribution >= 0.6 is 0 Å². The molecule has 6 heteroatoms. The molecule has 4 rings (SSSR count). The number of rotatable bonds is 5. The first-order valence-electron chi connectivity index (χ1n) is 11.4. The van der Waals surface area contributed by atoms with Crippen LogP contribution in [-0.4, -0.2) is 46.3 Å². The van der Waals surface area contributed by atoms with Crippen LogP contribution in [0.5, 0.6) is 0 Å². The van der Waals surface area contributed by atoms with Gasteiger partial charge in [0.15, 0.2) is 0 Å². The Labute approximate surface area is 184 Å². The van der Waals surface area contributed by atoms with Crippen molar-refractivity contribution in [3.8, 4) is 0 Å². The molecule has 1 atom stereocenters. The van der Waals surface area contributed by atoms with Crippen LogP contribution in [0.4, 0.5) is 5.69 Å². The van der Waals surface area contributed by atoms with Gasteiger partial charge in [-0.1, -0.05) is 43.2 Å². The first-order chi connectivity index (χ1) is 15.1. The molecule has 0 aliphatic carbocycles. The first-order valence-corrected chi connectivity index (χ1v) is 11.4. The van der Waals surface area contributed by atoms with Crippen LogP contribution in [0, 0.1) is 16.0 Å². The predicted octanol–water partition coefficient (Wildman–Crippen LogP) is 4.89. The summed E-state index contributed by atoms with van der Waals surface area (Å²) in [5.41, 5.74) is 2.04. The van der Waals surface area contributed by atoms with Gasteiger partial charge in [0, 0.05) is 36.8 Å². The Morgan fingerprint density at radius 2 is 1.61 bits per heavy atom. The van der Waals surface area contributed by atoms with E-state index in [-0.39, 0.29) is 16.5 Å². The summed E-state index contributed by atoms with van der Waals surface area (Å²) in [5, 5.41) is 10.8. The Kier molecular flexibility index (Phi) is 6.97. The van der Waals surface area contributed by atoms with Crippen LogP contribution in [0.2, 0.25) is 0 Å². The van der Waals surface area contributed by atoms with Gasteiger partial charge in [0.25, 0.3) is 11.6 Å². The molecule has 0 spiro atoms. The highest BCUT2D eigenvalue weighted by Crippen LogP contribution is 2.31. The Hall–Kier alpha value is -2.73. The highest BCUT2D eigenvalue weighted by atomic mass is 16.6. The van der Waals surface area contributed by atoms with Gasteiger partial charge >= 0.3 is 0 Å². The second-order valence-electron chi connectivity index (χ2n) is 8.82. The fourth-order valence-electron chi connectivity index (χ4n) is 5.10. The third-order valence-electron chi connectivity index (χ3n) is 6.81. The minimum Gasteiger partial charge on any atom is -0.335 e. The van der Waals surface area contributed by atoms with E-state index in [1.807, 2.05) is 42.5 Å². The average Bonchev–Trinajstić information content (AvgIpc) is 3.06. The lowest BCUT2D eigenvalue weighted by Gasteiger charge is -2.40. The van der Waals surface area contributed by atoms with Crippen LogP contribution in [0.1, 0.15) is 54.4 Å². The van der Waals surface area contributed by atoms with E-state index in [0.717, 1.165) is 63.0 Å². The Balaban J connectivity index is 1.37. The fourth-order valence-corrected chi connectivity index (χ4v) is 5.10. The van der Waals surface area contributed by atoms with Gasteiger partial charge in [-0.05, 0) is 62.4 Å². The van der Waals surface area contributed by atoms with Gasteiger partial charge < -0.3 is 4.90 Å². The van der Waals surface area contributed by atoms with E-state index in [0.29, 0.717) is 12.0 Å². The molecule has 0 unspecified atom stereocenters. The maximum atomic E-state index is 13.3.